The van der Waals surface area contributed by atoms with E-state index in [1.807, 2.05) is 30.3 Å². The molecule has 0 fully saturated rings. The number of anilines is 1. The number of ether oxygens (including phenoxy) is 1. The molecule has 5 nitrogen and oxygen atoms in total. The van der Waals surface area contributed by atoms with E-state index >= 15 is 0 Å². The van der Waals surface area contributed by atoms with E-state index in [-0.39, 0.29) is 0 Å². The summed E-state index contributed by atoms with van der Waals surface area (Å²) in [7, 11) is 1.55. The van der Waals surface area contributed by atoms with Crippen LogP contribution in [0.1, 0.15) is 11.1 Å². The number of hydrogen-bond donors (Lipinski definition) is 1. The Kier molecular flexibility index (Phi) is 4.26. The first-order chi connectivity index (χ1) is 11.2. The van der Waals surface area contributed by atoms with Crippen molar-refractivity contribution in [3.05, 3.63) is 58.7 Å². The number of methoxy groups -OCH3 is 1. The molecule has 0 spiro atoms. The first-order valence-electron chi connectivity index (χ1n) is 6.94. The molecule has 1 heterocycles. The number of nitrogens with one attached hydrogen (secondary N) is 1. The van der Waals surface area contributed by atoms with Crippen LogP contribution < -0.4 is 10.1 Å². The normalized spacial score (nSPS) is 10.3. The third kappa shape index (κ3) is 3.03. The maximum absolute atomic E-state index is 9.14. The van der Waals surface area contributed by atoms with Gasteiger partial charge in [0.15, 0.2) is 11.0 Å². The number of rotatable bonds is 4. The van der Waals surface area contributed by atoms with Gasteiger partial charge in [-0.2, -0.15) is 5.26 Å². The van der Waals surface area contributed by atoms with Gasteiger partial charge in [0.05, 0.1) is 12.7 Å². The molecular formula is C17H13ClN4O. The van der Waals surface area contributed by atoms with Crippen molar-refractivity contribution in [1.29, 1.82) is 5.26 Å². The second kappa shape index (κ2) is 6.51. The van der Waals surface area contributed by atoms with Crippen molar-refractivity contribution in [3.63, 3.8) is 0 Å². The van der Waals surface area contributed by atoms with E-state index in [9.17, 15) is 0 Å². The Bertz CT molecular complexity index is 905. The fourth-order valence-corrected chi connectivity index (χ4v) is 2.54. The highest BCUT2D eigenvalue weighted by molar-refractivity contribution is 6.34. The van der Waals surface area contributed by atoms with E-state index in [4.69, 9.17) is 21.6 Å². The summed E-state index contributed by atoms with van der Waals surface area (Å²) in [6.45, 7) is 0.513. The maximum atomic E-state index is 9.14. The van der Waals surface area contributed by atoms with Crippen LogP contribution >= 0.6 is 11.6 Å². The van der Waals surface area contributed by atoms with Crippen LogP contribution in [-0.4, -0.2) is 17.3 Å². The van der Waals surface area contributed by atoms with Crippen LogP contribution in [0.25, 0.3) is 10.8 Å². The minimum atomic E-state index is 0.377. The molecule has 0 bridgehead atoms. The fourth-order valence-electron chi connectivity index (χ4n) is 2.34. The average molecular weight is 325 g/mol. The standard InChI is InChI=1S/C17H13ClN4O/c1-23-15-7-6-11(8-12(15)9-19)10-20-17-14-5-3-2-4-13(14)16(18)21-22-17/h2-8H,10H2,1H3,(H,20,22). The summed E-state index contributed by atoms with van der Waals surface area (Å²) in [6, 6.07) is 15.3. The summed E-state index contributed by atoms with van der Waals surface area (Å²) in [5, 5.41) is 22.6. The first kappa shape index (κ1) is 15.1. The molecule has 3 aromatic rings. The third-order valence-electron chi connectivity index (χ3n) is 3.49. The highest BCUT2D eigenvalue weighted by Gasteiger charge is 2.08. The molecule has 0 aliphatic heterocycles. The number of halogens is 1. The van der Waals surface area contributed by atoms with E-state index in [1.54, 1.807) is 19.2 Å². The fraction of sp³-hybridized carbons (Fsp3) is 0.118. The SMILES string of the molecule is COc1ccc(CNc2nnc(Cl)c3ccccc23)cc1C#N. The summed E-state index contributed by atoms with van der Waals surface area (Å²) < 4.78 is 5.14. The van der Waals surface area contributed by atoms with Gasteiger partial charge in [0.25, 0.3) is 0 Å². The van der Waals surface area contributed by atoms with Crippen LogP contribution in [0, 0.1) is 11.3 Å². The van der Waals surface area contributed by atoms with Gasteiger partial charge in [0.1, 0.15) is 11.8 Å². The molecule has 0 radical (unpaired) electrons. The zero-order chi connectivity index (χ0) is 16.2. The minimum absolute atomic E-state index is 0.377. The van der Waals surface area contributed by atoms with Crippen molar-refractivity contribution >= 4 is 28.2 Å². The van der Waals surface area contributed by atoms with Crippen LogP contribution in [0.3, 0.4) is 0 Å². The molecule has 0 unspecified atom stereocenters. The number of fused-ring (bicyclic) bond motifs is 1. The van der Waals surface area contributed by atoms with Crippen molar-refractivity contribution < 1.29 is 4.74 Å². The Morgan fingerprint density at radius 3 is 2.70 bits per heavy atom. The van der Waals surface area contributed by atoms with E-state index in [0.717, 1.165) is 16.3 Å². The van der Waals surface area contributed by atoms with Crippen molar-refractivity contribution in [1.82, 2.24) is 10.2 Å². The topological polar surface area (TPSA) is 70.8 Å². The number of hydrogen-bond acceptors (Lipinski definition) is 5. The molecule has 1 N–H and O–H groups in total. The quantitative estimate of drug-likeness (QED) is 0.791. The van der Waals surface area contributed by atoms with Crippen molar-refractivity contribution in [2.45, 2.75) is 6.54 Å². The van der Waals surface area contributed by atoms with E-state index in [1.165, 1.54) is 0 Å². The van der Waals surface area contributed by atoms with Gasteiger partial charge in [-0.15, -0.1) is 10.2 Å². The highest BCUT2D eigenvalue weighted by Crippen LogP contribution is 2.26. The van der Waals surface area contributed by atoms with Crippen molar-refractivity contribution in [3.8, 4) is 11.8 Å². The van der Waals surface area contributed by atoms with E-state index in [0.29, 0.717) is 28.8 Å². The Morgan fingerprint density at radius 2 is 1.96 bits per heavy atom. The smallest absolute Gasteiger partial charge is 0.159 e. The second-order valence-corrected chi connectivity index (χ2v) is 5.24. The molecule has 2 aromatic carbocycles. The Hall–Kier alpha value is -2.84. The van der Waals surface area contributed by atoms with Crippen molar-refractivity contribution in [2.24, 2.45) is 0 Å². The zero-order valence-electron chi connectivity index (χ0n) is 12.4. The molecule has 1 aromatic heterocycles. The molecule has 0 saturated carbocycles. The molecule has 3 rings (SSSR count). The molecule has 23 heavy (non-hydrogen) atoms. The lowest BCUT2D eigenvalue weighted by Crippen LogP contribution is -2.04. The third-order valence-corrected chi connectivity index (χ3v) is 3.77. The first-order valence-corrected chi connectivity index (χ1v) is 7.32. The maximum Gasteiger partial charge on any atom is 0.159 e. The van der Waals surface area contributed by atoms with Gasteiger partial charge in [-0.3, -0.25) is 0 Å². The van der Waals surface area contributed by atoms with Crippen LogP contribution in [0.2, 0.25) is 5.15 Å². The average Bonchev–Trinajstić information content (AvgIpc) is 2.61. The van der Waals surface area contributed by atoms with Gasteiger partial charge >= 0.3 is 0 Å². The largest absolute Gasteiger partial charge is 0.495 e. The molecule has 6 heteroatoms. The summed E-state index contributed by atoms with van der Waals surface area (Å²) in [6.07, 6.45) is 0. The Morgan fingerprint density at radius 1 is 1.17 bits per heavy atom. The minimum Gasteiger partial charge on any atom is -0.495 e. The number of nitriles is 1. The van der Waals surface area contributed by atoms with Crippen molar-refractivity contribution in [2.75, 3.05) is 12.4 Å². The molecular weight excluding hydrogens is 312 g/mol. The van der Waals surface area contributed by atoms with Crippen LogP contribution in [-0.2, 0) is 6.54 Å². The van der Waals surface area contributed by atoms with Gasteiger partial charge in [-0.05, 0) is 17.7 Å². The summed E-state index contributed by atoms with van der Waals surface area (Å²) in [5.74, 6) is 1.22. The summed E-state index contributed by atoms with van der Waals surface area (Å²) >= 11 is 6.07. The van der Waals surface area contributed by atoms with E-state index < -0.39 is 0 Å². The van der Waals surface area contributed by atoms with Gasteiger partial charge in [-0.25, -0.2) is 0 Å². The van der Waals surface area contributed by atoms with Gasteiger partial charge in [-0.1, -0.05) is 41.9 Å². The Labute approximate surface area is 138 Å². The lowest BCUT2D eigenvalue weighted by Gasteiger charge is -2.10. The van der Waals surface area contributed by atoms with Crippen LogP contribution in [0.5, 0.6) is 5.75 Å². The van der Waals surface area contributed by atoms with E-state index in [2.05, 4.69) is 21.6 Å². The molecule has 0 atom stereocenters. The monoisotopic (exact) mass is 324 g/mol. The summed E-state index contributed by atoms with van der Waals surface area (Å²) in [4.78, 5) is 0. The van der Waals surface area contributed by atoms with Gasteiger partial charge in [0, 0.05) is 17.3 Å². The summed E-state index contributed by atoms with van der Waals surface area (Å²) in [5.41, 5.74) is 1.45. The molecule has 114 valence electrons. The predicted octanol–water partition coefficient (Wildman–Crippen LogP) is 3.78. The number of nitrogens with zero attached hydrogens (tertiary/aromatic N) is 3. The molecule has 0 aliphatic carbocycles. The number of aromatic nitrogens is 2. The van der Waals surface area contributed by atoms with Gasteiger partial charge < -0.3 is 10.1 Å². The zero-order valence-corrected chi connectivity index (χ0v) is 13.1. The van der Waals surface area contributed by atoms with Gasteiger partial charge in [0.2, 0.25) is 0 Å². The van der Waals surface area contributed by atoms with Crippen LogP contribution in [0.4, 0.5) is 5.82 Å². The Balaban J connectivity index is 1.87. The second-order valence-electron chi connectivity index (χ2n) is 4.88. The lowest BCUT2D eigenvalue weighted by atomic mass is 10.1. The molecule has 0 aliphatic rings. The lowest BCUT2D eigenvalue weighted by molar-refractivity contribution is 0.413. The predicted molar refractivity (Wildman–Crippen MR) is 89.6 cm³/mol. The highest BCUT2D eigenvalue weighted by atomic mass is 35.5. The van der Waals surface area contributed by atoms with Crippen LogP contribution in [0.15, 0.2) is 42.5 Å². The molecule has 0 saturated heterocycles. The molecule has 0 amide bonds. The number of benzene rings is 2.